The predicted octanol–water partition coefficient (Wildman–Crippen LogP) is 3.87. The van der Waals surface area contributed by atoms with E-state index in [-0.39, 0.29) is 11.9 Å². The van der Waals surface area contributed by atoms with Gasteiger partial charge in [-0.25, -0.2) is 13.2 Å². The fourth-order valence-electron chi connectivity index (χ4n) is 2.39. The van der Waals surface area contributed by atoms with E-state index in [0.29, 0.717) is 24.0 Å². The molecule has 1 atom stereocenters. The van der Waals surface area contributed by atoms with Crippen LogP contribution in [0.2, 0.25) is 0 Å². The summed E-state index contributed by atoms with van der Waals surface area (Å²) in [5.74, 6) is -1.95. The Bertz CT molecular complexity index is 598. The van der Waals surface area contributed by atoms with Crippen molar-refractivity contribution in [2.45, 2.75) is 25.8 Å². The first kappa shape index (κ1) is 15.6. The Hall–Kier alpha value is -1.81. The van der Waals surface area contributed by atoms with Crippen LogP contribution < -0.4 is 5.32 Å². The Balaban J connectivity index is 2.11. The van der Waals surface area contributed by atoms with Gasteiger partial charge in [0.05, 0.1) is 0 Å². The third-order valence-corrected chi connectivity index (χ3v) is 3.38. The second-order valence-electron chi connectivity index (χ2n) is 5.00. The van der Waals surface area contributed by atoms with Gasteiger partial charge in [0.1, 0.15) is 5.82 Å². The summed E-state index contributed by atoms with van der Waals surface area (Å²) in [7, 11) is 0. The monoisotopic (exact) mass is 293 g/mol. The van der Waals surface area contributed by atoms with E-state index in [0.717, 1.165) is 12.6 Å². The molecule has 1 N–H and O–H groups in total. The topological polar surface area (TPSA) is 12.0 Å². The van der Waals surface area contributed by atoms with Gasteiger partial charge < -0.3 is 5.32 Å². The van der Waals surface area contributed by atoms with Gasteiger partial charge >= 0.3 is 0 Å². The molecule has 0 amide bonds. The van der Waals surface area contributed by atoms with Crippen LogP contribution in [-0.2, 0) is 12.8 Å². The second kappa shape index (κ2) is 7.27. The molecule has 1 unspecified atom stereocenters. The normalized spacial score (nSPS) is 12.4. The first-order chi connectivity index (χ1) is 10.1. The van der Waals surface area contributed by atoms with Crippen molar-refractivity contribution >= 4 is 0 Å². The summed E-state index contributed by atoms with van der Waals surface area (Å²) in [6, 6.07) is 10.5. The number of likely N-dealkylation sites (N-methyl/N-ethyl adjacent to an activating group) is 1. The predicted molar refractivity (Wildman–Crippen MR) is 77.6 cm³/mol. The zero-order valence-corrected chi connectivity index (χ0v) is 11.9. The smallest absolute Gasteiger partial charge is 0.159 e. The number of rotatable bonds is 6. The van der Waals surface area contributed by atoms with E-state index >= 15 is 0 Å². The van der Waals surface area contributed by atoms with E-state index in [1.165, 1.54) is 12.1 Å². The summed E-state index contributed by atoms with van der Waals surface area (Å²) in [5, 5.41) is 3.26. The van der Waals surface area contributed by atoms with Crippen molar-refractivity contribution in [1.82, 2.24) is 5.32 Å². The van der Waals surface area contributed by atoms with Crippen LogP contribution in [0.5, 0.6) is 0 Å². The highest BCUT2D eigenvalue weighted by Gasteiger charge is 2.13. The maximum Gasteiger partial charge on any atom is 0.159 e. The Morgan fingerprint density at radius 2 is 1.67 bits per heavy atom. The van der Waals surface area contributed by atoms with Gasteiger partial charge in [0.2, 0.25) is 0 Å². The zero-order chi connectivity index (χ0) is 15.2. The number of hydrogen-bond acceptors (Lipinski definition) is 1. The summed E-state index contributed by atoms with van der Waals surface area (Å²) in [5.41, 5.74) is 1.31. The molecule has 0 bridgehead atoms. The van der Waals surface area contributed by atoms with Crippen LogP contribution in [0.15, 0.2) is 42.5 Å². The van der Waals surface area contributed by atoms with E-state index in [4.69, 9.17) is 0 Å². The lowest BCUT2D eigenvalue weighted by molar-refractivity contribution is 0.492. The Morgan fingerprint density at radius 3 is 2.33 bits per heavy atom. The van der Waals surface area contributed by atoms with Crippen LogP contribution in [0, 0.1) is 17.5 Å². The average molecular weight is 293 g/mol. The van der Waals surface area contributed by atoms with Gasteiger partial charge in [-0.2, -0.15) is 0 Å². The van der Waals surface area contributed by atoms with E-state index in [1.807, 2.05) is 6.92 Å². The van der Waals surface area contributed by atoms with E-state index in [2.05, 4.69) is 5.32 Å². The highest BCUT2D eigenvalue weighted by molar-refractivity contribution is 5.22. The molecule has 0 aromatic heterocycles. The third-order valence-electron chi connectivity index (χ3n) is 3.38. The van der Waals surface area contributed by atoms with Crippen molar-refractivity contribution in [3.05, 3.63) is 71.0 Å². The fourth-order valence-corrected chi connectivity index (χ4v) is 2.39. The number of halogens is 3. The first-order valence-electron chi connectivity index (χ1n) is 7.01. The molecular formula is C17H18F3N. The Morgan fingerprint density at radius 1 is 0.905 bits per heavy atom. The summed E-state index contributed by atoms with van der Waals surface area (Å²) < 4.78 is 39.9. The van der Waals surface area contributed by atoms with E-state index in [1.54, 1.807) is 24.3 Å². The molecule has 0 aliphatic heterocycles. The molecule has 4 heteroatoms. The van der Waals surface area contributed by atoms with Gasteiger partial charge in [-0.1, -0.05) is 31.2 Å². The van der Waals surface area contributed by atoms with E-state index < -0.39 is 11.6 Å². The van der Waals surface area contributed by atoms with Crippen LogP contribution in [0.1, 0.15) is 18.1 Å². The Labute approximate surface area is 122 Å². The minimum Gasteiger partial charge on any atom is -0.314 e. The largest absolute Gasteiger partial charge is 0.314 e. The molecule has 112 valence electrons. The molecule has 0 aliphatic carbocycles. The number of nitrogens with one attached hydrogen (secondary N) is 1. The molecule has 1 nitrogen and oxygen atoms in total. The van der Waals surface area contributed by atoms with Gasteiger partial charge in [-0.05, 0) is 48.7 Å². The lowest BCUT2D eigenvalue weighted by Gasteiger charge is -2.18. The van der Waals surface area contributed by atoms with Crippen LogP contribution in [0.4, 0.5) is 13.2 Å². The highest BCUT2D eigenvalue weighted by atomic mass is 19.2. The molecule has 0 aliphatic rings. The van der Waals surface area contributed by atoms with Gasteiger partial charge in [0, 0.05) is 6.04 Å². The lowest BCUT2D eigenvalue weighted by Crippen LogP contribution is -2.33. The van der Waals surface area contributed by atoms with Crippen molar-refractivity contribution in [3.63, 3.8) is 0 Å². The van der Waals surface area contributed by atoms with Crippen molar-refractivity contribution in [3.8, 4) is 0 Å². The molecule has 0 saturated heterocycles. The molecule has 2 rings (SSSR count). The first-order valence-corrected chi connectivity index (χ1v) is 7.01. The average Bonchev–Trinajstić information content (AvgIpc) is 2.46. The van der Waals surface area contributed by atoms with Crippen LogP contribution >= 0.6 is 0 Å². The molecule has 0 saturated carbocycles. The highest BCUT2D eigenvalue weighted by Crippen LogP contribution is 2.14. The van der Waals surface area contributed by atoms with Gasteiger partial charge in [-0.15, -0.1) is 0 Å². The summed E-state index contributed by atoms with van der Waals surface area (Å²) in [4.78, 5) is 0. The summed E-state index contributed by atoms with van der Waals surface area (Å²) in [6.45, 7) is 2.68. The van der Waals surface area contributed by atoms with Crippen molar-refractivity contribution in [1.29, 1.82) is 0 Å². The van der Waals surface area contributed by atoms with Gasteiger partial charge in [0.25, 0.3) is 0 Å². The molecule has 2 aromatic rings. The van der Waals surface area contributed by atoms with Crippen LogP contribution in [0.25, 0.3) is 0 Å². The fraction of sp³-hybridized carbons (Fsp3) is 0.294. The van der Waals surface area contributed by atoms with Gasteiger partial charge in [-0.3, -0.25) is 0 Å². The molecular weight excluding hydrogens is 275 g/mol. The van der Waals surface area contributed by atoms with Crippen LogP contribution in [0.3, 0.4) is 0 Å². The molecule has 2 aromatic carbocycles. The third kappa shape index (κ3) is 4.33. The Kier molecular flexibility index (Phi) is 5.39. The minimum atomic E-state index is -0.854. The molecule has 0 spiro atoms. The standard InChI is InChI=1S/C17H18F3N/c1-2-21-14(11-13-5-3-4-6-15(13)18)9-12-7-8-16(19)17(20)10-12/h3-8,10,14,21H,2,9,11H2,1H3. The van der Waals surface area contributed by atoms with Crippen molar-refractivity contribution in [2.75, 3.05) is 6.54 Å². The molecule has 0 fully saturated rings. The zero-order valence-electron chi connectivity index (χ0n) is 11.9. The second-order valence-corrected chi connectivity index (χ2v) is 5.00. The minimum absolute atomic E-state index is 0.0308. The lowest BCUT2D eigenvalue weighted by atomic mass is 9.98. The maximum absolute atomic E-state index is 13.7. The maximum atomic E-state index is 13.7. The summed E-state index contributed by atoms with van der Waals surface area (Å²) >= 11 is 0. The SMILES string of the molecule is CCNC(Cc1ccc(F)c(F)c1)Cc1ccccc1F. The van der Waals surface area contributed by atoms with Gasteiger partial charge in [0.15, 0.2) is 11.6 Å². The number of benzene rings is 2. The quantitative estimate of drug-likeness (QED) is 0.852. The van der Waals surface area contributed by atoms with Crippen molar-refractivity contribution < 1.29 is 13.2 Å². The molecule has 0 heterocycles. The van der Waals surface area contributed by atoms with Crippen molar-refractivity contribution in [2.24, 2.45) is 0 Å². The molecule has 0 radical (unpaired) electrons. The number of hydrogen-bond donors (Lipinski definition) is 1. The molecule has 21 heavy (non-hydrogen) atoms. The van der Waals surface area contributed by atoms with Crippen LogP contribution in [-0.4, -0.2) is 12.6 Å². The van der Waals surface area contributed by atoms with E-state index in [9.17, 15) is 13.2 Å². The summed E-state index contributed by atoms with van der Waals surface area (Å²) in [6.07, 6.45) is 1.01.